The average molecular weight is 356 g/mol. The lowest BCUT2D eigenvalue weighted by atomic mass is 10.1. The van der Waals surface area contributed by atoms with Gasteiger partial charge in [0, 0.05) is 25.6 Å². The van der Waals surface area contributed by atoms with Crippen LogP contribution < -0.4 is 5.32 Å². The van der Waals surface area contributed by atoms with Gasteiger partial charge in [-0.25, -0.2) is 0 Å². The number of nitrogens with one attached hydrogen (secondary N) is 1. The summed E-state index contributed by atoms with van der Waals surface area (Å²) in [6.45, 7) is 4.98. The second kappa shape index (κ2) is 7.74. The van der Waals surface area contributed by atoms with Crippen molar-refractivity contribution in [3.05, 3.63) is 35.4 Å². The molecular weight excluding hydrogens is 333 g/mol. The van der Waals surface area contributed by atoms with Crippen molar-refractivity contribution in [1.29, 1.82) is 0 Å². The van der Waals surface area contributed by atoms with E-state index in [1.54, 1.807) is 0 Å². The molecule has 3 rings (SSSR count). The van der Waals surface area contributed by atoms with Crippen LogP contribution in [0.15, 0.2) is 24.3 Å². The van der Waals surface area contributed by atoms with E-state index < -0.39 is 11.7 Å². The molecule has 0 aromatic heterocycles. The molecule has 2 fully saturated rings. The first-order chi connectivity index (χ1) is 11.9. The molecule has 138 valence electrons. The van der Waals surface area contributed by atoms with Crippen LogP contribution in [0.1, 0.15) is 29.9 Å². The number of carbonyl (C=O) groups excluding carboxylic acids is 1. The van der Waals surface area contributed by atoms with Gasteiger partial charge in [-0.3, -0.25) is 9.69 Å². The zero-order chi connectivity index (χ0) is 17.9. The number of hydrogen-bond acceptors (Lipinski definition) is 3. The number of rotatable bonds is 6. The highest BCUT2D eigenvalue weighted by Crippen LogP contribution is 2.47. The Morgan fingerprint density at radius 2 is 1.88 bits per heavy atom. The third kappa shape index (κ3) is 4.95. The van der Waals surface area contributed by atoms with E-state index in [2.05, 4.69) is 10.2 Å². The Morgan fingerprint density at radius 1 is 1.20 bits per heavy atom. The molecule has 0 radical (unpaired) electrons. The second-order valence-electron chi connectivity index (χ2n) is 6.67. The van der Waals surface area contributed by atoms with Gasteiger partial charge in [0.1, 0.15) is 0 Å². The molecule has 1 heterocycles. The van der Waals surface area contributed by atoms with Crippen molar-refractivity contribution in [3.8, 4) is 0 Å². The molecule has 2 atom stereocenters. The minimum atomic E-state index is -4.32. The molecule has 1 aromatic rings. The molecule has 1 aliphatic heterocycles. The van der Waals surface area contributed by atoms with Crippen molar-refractivity contribution < 1.29 is 22.7 Å². The summed E-state index contributed by atoms with van der Waals surface area (Å²) in [5.41, 5.74) is 0.155. The summed E-state index contributed by atoms with van der Waals surface area (Å²) in [5.74, 6) is -0.0616. The van der Waals surface area contributed by atoms with Gasteiger partial charge in [-0.15, -0.1) is 0 Å². The van der Waals surface area contributed by atoms with E-state index in [-0.39, 0.29) is 17.7 Å². The Balaban J connectivity index is 1.38. The Bertz CT molecular complexity index is 583. The van der Waals surface area contributed by atoms with Crippen LogP contribution in [-0.4, -0.2) is 50.2 Å². The van der Waals surface area contributed by atoms with Crippen LogP contribution in [0.2, 0.25) is 0 Å². The van der Waals surface area contributed by atoms with Crippen LogP contribution in [0.25, 0.3) is 0 Å². The minimum Gasteiger partial charge on any atom is -0.379 e. The smallest absolute Gasteiger partial charge is 0.379 e. The van der Waals surface area contributed by atoms with Gasteiger partial charge in [-0.1, -0.05) is 12.1 Å². The summed E-state index contributed by atoms with van der Waals surface area (Å²) in [7, 11) is 0. The van der Waals surface area contributed by atoms with E-state index in [4.69, 9.17) is 4.74 Å². The Labute approximate surface area is 145 Å². The first kappa shape index (κ1) is 18.2. The first-order valence-corrected chi connectivity index (χ1v) is 8.70. The summed E-state index contributed by atoms with van der Waals surface area (Å²) in [5, 5.41) is 2.94. The maximum absolute atomic E-state index is 12.6. The molecule has 25 heavy (non-hydrogen) atoms. The fraction of sp³-hybridized carbons (Fsp3) is 0.611. The fourth-order valence-electron chi connectivity index (χ4n) is 3.24. The monoisotopic (exact) mass is 356 g/mol. The summed E-state index contributed by atoms with van der Waals surface area (Å²) in [6.07, 6.45) is -2.72. The highest BCUT2D eigenvalue weighted by Gasteiger charge is 2.44. The second-order valence-corrected chi connectivity index (χ2v) is 6.67. The van der Waals surface area contributed by atoms with Crippen LogP contribution in [0.5, 0.6) is 0 Å². The molecule has 4 nitrogen and oxygen atoms in total. The molecule has 1 aromatic carbocycles. The van der Waals surface area contributed by atoms with E-state index >= 15 is 0 Å². The summed E-state index contributed by atoms with van der Waals surface area (Å²) >= 11 is 0. The number of hydrogen-bond donors (Lipinski definition) is 1. The molecule has 1 saturated heterocycles. The third-order valence-electron chi connectivity index (χ3n) is 4.85. The lowest BCUT2D eigenvalue weighted by Gasteiger charge is -2.26. The summed E-state index contributed by atoms with van der Waals surface area (Å²) in [6, 6.07) is 5.15. The van der Waals surface area contributed by atoms with Crippen molar-refractivity contribution in [3.63, 3.8) is 0 Å². The van der Waals surface area contributed by atoms with Gasteiger partial charge in [0.25, 0.3) is 0 Å². The zero-order valence-corrected chi connectivity index (χ0v) is 14.0. The van der Waals surface area contributed by atoms with Gasteiger partial charge in [-0.2, -0.15) is 13.2 Å². The molecule has 2 aliphatic rings. The number of ether oxygens (including phenoxy) is 1. The van der Waals surface area contributed by atoms with Crippen LogP contribution in [0.4, 0.5) is 13.2 Å². The third-order valence-corrected chi connectivity index (χ3v) is 4.85. The predicted octanol–water partition coefficient (Wildman–Crippen LogP) is 2.65. The van der Waals surface area contributed by atoms with Crippen molar-refractivity contribution >= 4 is 5.91 Å². The molecule has 2 unspecified atom stereocenters. The molecule has 7 heteroatoms. The standard InChI is InChI=1S/C18H23F3N2O2/c19-18(20,21)14-4-2-13(3-5-14)15-12-16(15)17(24)22-6-1-7-23-8-10-25-11-9-23/h2-5,15-16H,1,6-12H2,(H,22,24). The van der Waals surface area contributed by atoms with Gasteiger partial charge in [0.05, 0.1) is 18.8 Å². The molecular formula is C18H23F3N2O2. The normalized spacial score (nSPS) is 24.1. The molecule has 0 bridgehead atoms. The van der Waals surface area contributed by atoms with E-state index in [1.807, 2.05) is 0 Å². The lowest BCUT2D eigenvalue weighted by Crippen LogP contribution is -2.38. The Hall–Kier alpha value is -1.60. The van der Waals surface area contributed by atoms with E-state index in [1.165, 1.54) is 12.1 Å². The molecule has 1 saturated carbocycles. The Morgan fingerprint density at radius 3 is 2.52 bits per heavy atom. The van der Waals surface area contributed by atoms with Crippen molar-refractivity contribution in [2.45, 2.75) is 24.9 Å². The number of alkyl halides is 3. The summed E-state index contributed by atoms with van der Waals surface area (Å²) < 4.78 is 43.0. The van der Waals surface area contributed by atoms with Gasteiger partial charge >= 0.3 is 6.18 Å². The van der Waals surface area contributed by atoms with E-state index in [0.717, 1.165) is 57.0 Å². The largest absolute Gasteiger partial charge is 0.416 e. The molecule has 1 aliphatic carbocycles. The van der Waals surface area contributed by atoms with Crippen LogP contribution >= 0.6 is 0 Å². The van der Waals surface area contributed by atoms with Gasteiger partial charge in [0.15, 0.2) is 0 Å². The topological polar surface area (TPSA) is 41.6 Å². The first-order valence-electron chi connectivity index (χ1n) is 8.70. The number of nitrogens with zero attached hydrogens (tertiary/aromatic N) is 1. The zero-order valence-electron chi connectivity index (χ0n) is 14.0. The SMILES string of the molecule is O=C(NCCCN1CCOCC1)C1CC1c1ccc(C(F)(F)F)cc1. The van der Waals surface area contributed by atoms with Crippen LogP contribution in [-0.2, 0) is 15.7 Å². The number of carbonyl (C=O) groups is 1. The van der Waals surface area contributed by atoms with Crippen LogP contribution in [0.3, 0.4) is 0 Å². The van der Waals surface area contributed by atoms with Crippen molar-refractivity contribution in [2.75, 3.05) is 39.4 Å². The number of halogens is 3. The highest BCUT2D eigenvalue weighted by atomic mass is 19.4. The quantitative estimate of drug-likeness (QED) is 0.797. The number of morpholine rings is 1. The molecule has 1 N–H and O–H groups in total. The fourth-order valence-corrected chi connectivity index (χ4v) is 3.24. The Kier molecular flexibility index (Phi) is 5.64. The summed E-state index contributed by atoms with van der Waals surface area (Å²) in [4.78, 5) is 14.5. The lowest BCUT2D eigenvalue weighted by molar-refractivity contribution is -0.137. The average Bonchev–Trinajstić information content (AvgIpc) is 3.40. The van der Waals surface area contributed by atoms with Gasteiger partial charge in [0.2, 0.25) is 5.91 Å². The van der Waals surface area contributed by atoms with Crippen molar-refractivity contribution in [1.82, 2.24) is 10.2 Å². The van der Waals surface area contributed by atoms with E-state index in [9.17, 15) is 18.0 Å². The van der Waals surface area contributed by atoms with Gasteiger partial charge in [-0.05, 0) is 43.0 Å². The molecule has 1 amide bonds. The number of amides is 1. The maximum atomic E-state index is 12.6. The predicted molar refractivity (Wildman–Crippen MR) is 87.2 cm³/mol. The van der Waals surface area contributed by atoms with Crippen molar-refractivity contribution in [2.24, 2.45) is 5.92 Å². The maximum Gasteiger partial charge on any atom is 0.416 e. The minimum absolute atomic E-state index is 0.00637. The van der Waals surface area contributed by atoms with E-state index in [0.29, 0.717) is 13.0 Å². The van der Waals surface area contributed by atoms with Gasteiger partial charge < -0.3 is 10.1 Å². The molecule has 0 spiro atoms. The number of benzene rings is 1. The van der Waals surface area contributed by atoms with Crippen LogP contribution in [0, 0.1) is 5.92 Å². The highest BCUT2D eigenvalue weighted by molar-refractivity contribution is 5.82.